The normalized spacial score (nSPS) is 17.9. The first-order valence-corrected chi connectivity index (χ1v) is 6.31. The van der Waals surface area contributed by atoms with Gasteiger partial charge in [0.05, 0.1) is 0 Å². The van der Waals surface area contributed by atoms with E-state index in [2.05, 4.69) is 10.6 Å². The molecule has 1 aliphatic carbocycles. The first-order valence-electron chi connectivity index (χ1n) is 6.31. The van der Waals surface area contributed by atoms with Crippen molar-refractivity contribution in [3.63, 3.8) is 0 Å². The molecule has 0 aromatic carbocycles. The number of methoxy groups -OCH3 is 1. The molecule has 6 nitrogen and oxygen atoms in total. The number of aliphatic carboxylic acids is 1. The molecule has 1 aliphatic rings. The van der Waals surface area contributed by atoms with Crippen LogP contribution in [0.5, 0.6) is 0 Å². The Labute approximate surface area is 107 Å². The van der Waals surface area contributed by atoms with E-state index >= 15 is 0 Å². The lowest BCUT2D eigenvalue weighted by atomic mass is 10.1. The second-order valence-electron chi connectivity index (χ2n) is 4.87. The van der Waals surface area contributed by atoms with E-state index in [9.17, 15) is 9.59 Å². The van der Waals surface area contributed by atoms with Crippen molar-refractivity contribution in [3.05, 3.63) is 0 Å². The third kappa shape index (κ3) is 5.86. The number of hydrogen-bond donors (Lipinski definition) is 3. The van der Waals surface area contributed by atoms with Gasteiger partial charge in [-0.05, 0) is 25.7 Å². The van der Waals surface area contributed by atoms with Gasteiger partial charge in [-0.15, -0.1) is 0 Å². The average molecular weight is 258 g/mol. The lowest BCUT2D eigenvalue weighted by Gasteiger charge is -2.18. The lowest BCUT2D eigenvalue weighted by molar-refractivity contribution is -0.139. The number of rotatable bonds is 8. The summed E-state index contributed by atoms with van der Waals surface area (Å²) in [6.07, 6.45) is 3.36. The van der Waals surface area contributed by atoms with Crippen LogP contribution in [0, 0.1) is 5.92 Å². The molecule has 0 heterocycles. The summed E-state index contributed by atoms with van der Waals surface area (Å²) in [5, 5.41) is 14.2. The van der Waals surface area contributed by atoms with E-state index < -0.39 is 18.0 Å². The van der Waals surface area contributed by atoms with Crippen molar-refractivity contribution in [1.29, 1.82) is 0 Å². The number of carbonyl (C=O) groups excluding carboxylic acids is 1. The molecular weight excluding hydrogens is 236 g/mol. The quantitative estimate of drug-likeness (QED) is 0.605. The van der Waals surface area contributed by atoms with Crippen molar-refractivity contribution in [1.82, 2.24) is 10.6 Å². The van der Waals surface area contributed by atoms with E-state index in [4.69, 9.17) is 9.84 Å². The molecule has 6 heteroatoms. The predicted molar refractivity (Wildman–Crippen MR) is 66.4 cm³/mol. The van der Waals surface area contributed by atoms with Gasteiger partial charge in [-0.25, -0.2) is 9.59 Å². The third-order valence-corrected chi connectivity index (χ3v) is 3.00. The number of carboxylic acid groups (broad SMARTS) is 1. The highest BCUT2D eigenvalue weighted by molar-refractivity contribution is 5.82. The number of carbonyl (C=O) groups is 2. The summed E-state index contributed by atoms with van der Waals surface area (Å²) in [5.74, 6) is -0.515. The molecule has 3 N–H and O–H groups in total. The maximum absolute atomic E-state index is 11.6. The van der Waals surface area contributed by atoms with Crippen molar-refractivity contribution in [2.24, 2.45) is 5.92 Å². The molecule has 2 unspecified atom stereocenters. The summed E-state index contributed by atoms with van der Waals surface area (Å²) in [6, 6.07) is -1.25. The van der Waals surface area contributed by atoms with Gasteiger partial charge in [0.1, 0.15) is 6.04 Å². The first kappa shape index (κ1) is 14.8. The Balaban J connectivity index is 2.28. The number of carboxylic acids is 1. The second-order valence-corrected chi connectivity index (χ2v) is 4.87. The molecule has 0 aliphatic heterocycles. The molecule has 0 aromatic rings. The van der Waals surface area contributed by atoms with Crippen molar-refractivity contribution < 1.29 is 19.4 Å². The summed E-state index contributed by atoms with van der Waals surface area (Å²) in [4.78, 5) is 22.6. The van der Waals surface area contributed by atoms with Crippen LogP contribution in [0.3, 0.4) is 0 Å². The summed E-state index contributed by atoms with van der Waals surface area (Å²) in [6.45, 7) is 2.42. The van der Waals surface area contributed by atoms with Crippen LogP contribution in [0.25, 0.3) is 0 Å². The predicted octanol–water partition coefficient (Wildman–Crippen LogP) is 0.964. The molecule has 0 bridgehead atoms. The highest BCUT2D eigenvalue weighted by Crippen LogP contribution is 2.33. The Bertz CT molecular complexity index is 292. The Morgan fingerprint density at radius 2 is 2.06 bits per heavy atom. The van der Waals surface area contributed by atoms with Gasteiger partial charge in [0.15, 0.2) is 0 Å². The van der Waals surface area contributed by atoms with Gasteiger partial charge in [-0.1, -0.05) is 12.8 Å². The minimum atomic E-state index is -0.971. The minimum Gasteiger partial charge on any atom is -0.480 e. The van der Waals surface area contributed by atoms with Gasteiger partial charge >= 0.3 is 12.0 Å². The van der Waals surface area contributed by atoms with Crippen LogP contribution in [-0.2, 0) is 9.53 Å². The molecule has 2 atom stereocenters. The number of ether oxygens (including phenoxy) is 1. The largest absolute Gasteiger partial charge is 0.480 e. The molecule has 2 amide bonds. The lowest BCUT2D eigenvalue weighted by Crippen LogP contribution is -2.48. The zero-order valence-corrected chi connectivity index (χ0v) is 10.9. The standard InChI is InChI=1S/C12H22N2O4/c1-8(5-6-18-2)13-12(17)14-10(11(15)16)7-9-3-4-9/h8-10H,3-7H2,1-2H3,(H,15,16)(H2,13,14,17). The van der Waals surface area contributed by atoms with Gasteiger partial charge in [-0.2, -0.15) is 0 Å². The number of urea groups is 1. The Morgan fingerprint density at radius 1 is 1.39 bits per heavy atom. The molecule has 1 rings (SSSR count). The fourth-order valence-electron chi connectivity index (χ4n) is 1.70. The monoisotopic (exact) mass is 258 g/mol. The van der Waals surface area contributed by atoms with Gasteiger partial charge in [-0.3, -0.25) is 0 Å². The Kier molecular flexibility index (Phi) is 5.91. The maximum Gasteiger partial charge on any atom is 0.326 e. The molecule has 0 radical (unpaired) electrons. The fourth-order valence-corrected chi connectivity index (χ4v) is 1.70. The summed E-state index contributed by atoms with van der Waals surface area (Å²) >= 11 is 0. The van der Waals surface area contributed by atoms with Crippen molar-refractivity contribution in [3.8, 4) is 0 Å². The molecule has 18 heavy (non-hydrogen) atoms. The van der Waals surface area contributed by atoms with Crippen LogP contribution in [0.15, 0.2) is 0 Å². The molecule has 0 spiro atoms. The second kappa shape index (κ2) is 7.20. The van der Waals surface area contributed by atoms with E-state index in [1.807, 2.05) is 6.92 Å². The number of amides is 2. The summed E-state index contributed by atoms with van der Waals surface area (Å²) in [7, 11) is 1.60. The molecule has 1 fully saturated rings. The number of nitrogens with one attached hydrogen (secondary N) is 2. The highest BCUT2D eigenvalue weighted by atomic mass is 16.5. The van der Waals surface area contributed by atoms with E-state index in [0.29, 0.717) is 25.4 Å². The van der Waals surface area contributed by atoms with Gasteiger partial charge in [0.25, 0.3) is 0 Å². The zero-order valence-electron chi connectivity index (χ0n) is 10.9. The Morgan fingerprint density at radius 3 is 2.56 bits per heavy atom. The highest BCUT2D eigenvalue weighted by Gasteiger charge is 2.30. The third-order valence-electron chi connectivity index (χ3n) is 3.00. The molecule has 104 valence electrons. The molecule has 1 saturated carbocycles. The van der Waals surface area contributed by atoms with E-state index in [1.54, 1.807) is 7.11 Å². The van der Waals surface area contributed by atoms with E-state index in [0.717, 1.165) is 12.8 Å². The maximum atomic E-state index is 11.6. The van der Waals surface area contributed by atoms with Crippen LogP contribution >= 0.6 is 0 Å². The van der Waals surface area contributed by atoms with Crippen molar-refractivity contribution in [2.45, 2.75) is 44.7 Å². The average Bonchev–Trinajstić information content (AvgIpc) is 3.09. The Hall–Kier alpha value is -1.30. The minimum absolute atomic E-state index is 0.0414. The molecular formula is C12H22N2O4. The van der Waals surface area contributed by atoms with Crippen LogP contribution < -0.4 is 10.6 Å². The smallest absolute Gasteiger partial charge is 0.326 e. The zero-order chi connectivity index (χ0) is 13.5. The van der Waals surface area contributed by atoms with Gasteiger partial charge in [0, 0.05) is 19.8 Å². The summed E-state index contributed by atoms with van der Waals surface area (Å²) in [5.41, 5.74) is 0. The summed E-state index contributed by atoms with van der Waals surface area (Å²) < 4.78 is 4.91. The van der Waals surface area contributed by atoms with Crippen LogP contribution in [0.2, 0.25) is 0 Å². The van der Waals surface area contributed by atoms with Crippen LogP contribution in [-0.4, -0.2) is 42.9 Å². The van der Waals surface area contributed by atoms with Crippen molar-refractivity contribution >= 4 is 12.0 Å². The molecule has 0 saturated heterocycles. The number of hydrogen-bond acceptors (Lipinski definition) is 3. The van der Waals surface area contributed by atoms with E-state index in [-0.39, 0.29) is 6.04 Å². The fraction of sp³-hybridized carbons (Fsp3) is 0.833. The molecule has 0 aromatic heterocycles. The van der Waals surface area contributed by atoms with Crippen LogP contribution in [0.4, 0.5) is 4.79 Å². The van der Waals surface area contributed by atoms with Crippen molar-refractivity contribution in [2.75, 3.05) is 13.7 Å². The van der Waals surface area contributed by atoms with Crippen LogP contribution in [0.1, 0.15) is 32.6 Å². The SMILES string of the molecule is COCCC(C)NC(=O)NC(CC1CC1)C(=O)O. The van der Waals surface area contributed by atoms with Gasteiger partial charge in [0.2, 0.25) is 0 Å². The topological polar surface area (TPSA) is 87.7 Å². The van der Waals surface area contributed by atoms with E-state index in [1.165, 1.54) is 0 Å². The first-order chi connectivity index (χ1) is 8.52. The van der Waals surface area contributed by atoms with Gasteiger partial charge < -0.3 is 20.5 Å².